The number of hydrogen-bond donors (Lipinski definition) is 1. The molecule has 2 aromatic carbocycles. The lowest BCUT2D eigenvalue weighted by Gasteiger charge is -2.25. The predicted octanol–water partition coefficient (Wildman–Crippen LogP) is 3.62. The summed E-state index contributed by atoms with van der Waals surface area (Å²) in [5.74, 6) is -1.49. The van der Waals surface area contributed by atoms with Crippen molar-refractivity contribution in [1.82, 2.24) is 9.88 Å². The largest absolute Gasteiger partial charge is 0.507 e. The first kappa shape index (κ1) is 21.7. The van der Waals surface area contributed by atoms with Crippen molar-refractivity contribution in [3.63, 3.8) is 0 Å². The van der Waals surface area contributed by atoms with E-state index in [-0.39, 0.29) is 23.6 Å². The number of aliphatic hydroxyl groups excluding tert-OH is 1. The van der Waals surface area contributed by atoms with Crippen molar-refractivity contribution in [2.75, 3.05) is 7.11 Å². The van der Waals surface area contributed by atoms with Crippen LogP contribution in [0.25, 0.3) is 5.76 Å². The average molecular weight is 445 g/mol. The molecule has 0 bridgehead atoms. The van der Waals surface area contributed by atoms with E-state index < -0.39 is 22.7 Å². The van der Waals surface area contributed by atoms with Crippen molar-refractivity contribution in [1.29, 1.82) is 0 Å². The van der Waals surface area contributed by atoms with Crippen LogP contribution in [0, 0.1) is 10.1 Å². The van der Waals surface area contributed by atoms with E-state index in [4.69, 9.17) is 4.74 Å². The molecule has 1 aromatic heterocycles. The zero-order valence-electron chi connectivity index (χ0n) is 17.5. The van der Waals surface area contributed by atoms with Gasteiger partial charge >= 0.3 is 0 Å². The molecule has 2 heterocycles. The summed E-state index contributed by atoms with van der Waals surface area (Å²) in [7, 11) is 1.50. The van der Waals surface area contributed by atoms with Crippen LogP contribution in [-0.2, 0) is 16.1 Å². The maximum Gasteiger partial charge on any atom is 0.295 e. The number of carbonyl (C=O) groups excluding carboxylic acids is 2. The van der Waals surface area contributed by atoms with E-state index in [0.717, 1.165) is 0 Å². The minimum absolute atomic E-state index is 0.0554. The number of aliphatic hydroxyl groups is 1. The summed E-state index contributed by atoms with van der Waals surface area (Å²) >= 11 is 0. The Bertz CT molecular complexity index is 1250. The van der Waals surface area contributed by atoms with E-state index in [1.54, 1.807) is 54.9 Å². The standard InChI is InChI=1S/C24H19N3O6/c1-33-19-7-5-16(6-8-19)22(28)20-21(17-3-2-4-18(13-17)27(31)32)26(24(30)23(20)29)14-15-9-11-25-12-10-15/h2-13,21,28H,14H2,1H3/b22-20+. The first-order valence-corrected chi connectivity index (χ1v) is 9.97. The second-order valence-electron chi connectivity index (χ2n) is 7.36. The van der Waals surface area contributed by atoms with Gasteiger partial charge in [-0.05, 0) is 47.5 Å². The van der Waals surface area contributed by atoms with Crippen LogP contribution in [-0.4, -0.2) is 38.7 Å². The highest BCUT2D eigenvalue weighted by molar-refractivity contribution is 6.46. The maximum absolute atomic E-state index is 13.1. The van der Waals surface area contributed by atoms with Crippen LogP contribution in [0.1, 0.15) is 22.7 Å². The molecule has 1 fully saturated rings. The second kappa shape index (κ2) is 8.91. The highest BCUT2D eigenvalue weighted by Crippen LogP contribution is 2.41. The number of Topliss-reactive ketones (excluding diaryl/α,β-unsaturated/α-hetero) is 1. The van der Waals surface area contributed by atoms with Crippen molar-refractivity contribution in [2.45, 2.75) is 12.6 Å². The third-order valence-electron chi connectivity index (χ3n) is 5.40. The van der Waals surface area contributed by atoms with Crippen LogP contribution < -0.4 is 4.74 Å². The van der Waals surface area contributed by atoms with Gasteiger partial charge in [-0.2, -0.15) is 0 Å². The first-order valence-electron chi connectivity index (χ1n) is 9.97. The molecule has 9 heteroatoms. The fourth-order valence-corrected chi connectivity index (χ4v) is 3.79. The quantitative estimate of drug-likeness (QED) is 0.202. The number of rotatable bonds is 6. The van der Waals surface area contributed by atoms with Crippen LogP contribution in [0.4, 0.5) is 5.69 Å². The fraction of sp³-hybridized carbons (Fsp3) is 0.125. The first-order chi connectivity index (χ1) is 15.9. The number of aromatic nitrogens is 1. The molecule has 33 heavy (non-hydrogen) atoms. The summed E-state index contributed by atoms with van der Waals surface area (Å²) in [6, 6.07) is 14.4. The lowest BCUT2D eigenvalue weighted by atomic mass is 9.95. The molecule has 3 aromatic rings. The van der Waals surface area contributed by atoms with Crippen LogP contribution >= 0.6 is 0 Å². The van der Waals surface area contributed by atoms with E-state index in [1.165, 1.54) is 30.2 Å². The van der Waals surface area contributed by atoms with Gasteiger partial charge in [-0.15, -0.1) is 0 Å². The Hall–Kier alpha value is -4.53. The molecule has 0 saturated carbocycles. The molecule has 4 rings (SSSR count). The summed E-state index contributed by atoms with van der Waals surface area (Å²) in [6.45, 7) is 0.0554. The molecular formula is C24H19N3O6. The Labute approximate surface area is 188 Å². The molecule has 1 unspecified atom stereocenters. The van der Waals surface area contributed by atoms with Crippen molar-refractivity contribution < 1.29 is 24.4 Å². The lowest BCUT2D eigenvalue weighted by molar-refractivity contribution is -0.384. The Morgan fingerprint density at radius 3 is 2.45 bits per heavy atom. The van der Waals surface area contributed by atoms with E-state index >= 15 is 0 Å². The number of nitro groups is 1. The molecule has 0 spiro atoms. The van der Waals surface area contributed by atoms with Crippen molar-refractivity contribution in [2.24, 2.45) is 0 Å². The monoisotopic (exact) mass is 445 g/mol. The van der Waals surface area contributed by atoms with E-state index in [2.05, 4.69) is 4.98 Å². The van der Waals surface area contributed by atoms with Gasteiger partial charge in [0.25, 0.3) is 17.4 Å². The molecule has 1 aliphatic rings. The van der Waals surface area contributed by atoms with Crippen LogP contribution in [0.5, 0.6) is 5.75 Å². The average Bonchev–Trinajstić information content (AvgIpc) is 3.09. The van der Waals surface area contributed by atoms with Gasteiger partial charge in [0.05, 0.1) is 23.6 Å². The molecule has 1 atom stereocenters. The Morgan fingerprint density at radius 2 is 1.82 bits per heavy atom. The van der Waals surface area contributed by atoms with Gasteiger partial charge in [0, 0.05) is 36.6 Å². The van der Waals surface area contributed by atoms with E-state index in [0.29, 0.717) is 22.4 Å². The van der Waals surface area contributed by atoms with Gasteiger partial charge in [0.1, 0.15) is 11.5 Å². The number of benzene rings is 2. The third kappa shape index (κ3) is 4.16. The molecule has 1 aliphatic heterocycles. The fourth-order valence-electron chi connectivity index (χ4n) is 3.79. The number of ketones is 1. The zero-order chi connectivity index (χ0) is 23.5. The van der Waals surface area contributed by atoms with E-state index in [1.807, 2.05) is 0 Å². The minimum Gasteiger partial charge on any atom is -0.507 e. The minimum atomic E-state index is -1.01. The summed E-state index contributed by atoms with van der Waals surface area (Å²) in [5.41, 5.74) is 1.04. The van der Waals surface area contributed by atoms with Crippen molar-refractivity contribution >= 4 is 23.1 Å². The predicted molar refractivity (Wildman–Crippen MR) is 118 cm³/mol. The summed E-state index contributed by atoms with van der Waals surface area (Å²) in [4.78, 5) is 42.1. The molecule has 9 nitrogen and oxygen atoms in total. The zero-order valence-corrected chi connectivity index (χ0v) is 17.5. The number of ether oxygens (including phenoxy) is 1. The number of nitrogens with zero attached hydrogens (tertiary/aromatic N) is 3. The molecule has 166 valence electrons. The number of amides is 1. The van der Waals surface area contributed by atoms with Crippen LogP contribution in [0.15, 0.2) is 78.6 Å². The smallest absolute Gasteiger partial charge is 0.295 e. The normalized spacial score (nSPS) is 17.2. The SMILES string of the molecule is COc1ccc(/C(O)=C2\C(=O)C(=O)N(Cc3ccncc3)C2c2cccc([N+](=O)[O-])c2)cc1. The molecule has 0 aliphatic carbocycles. The van der Waals surface area contributed by atoms with Crippen molar-refractivity contribution in [3.8, 4) is 5.75 Å². The van der Waals surface area contributed by atoms with Crippen molar-refractivity contribution in [3.05, 3.63) is 105 Å². The molecular weight excluding hydrogens is 426 g/mol. The molecule has 1 saturated heterocycles. The van der Waals surface area contributed by atoms with Gasteiger partial charge in [-0.1, -0.05) is 12.1 Å². The van der Waals surface area contributed by atoms with Crippen LogP contribution in [0.2, 0.25) is 0 Å². The van der Waals surface area contributed by atoms with Gasteiger partial charge in [-0.3, -0.25) is 24.7 Å². The number of nitro benzene ring substituents is 1. The molecule has 1 amide bonds. The third-order valence-corrected chi connectivity index (χ3v) is 5.40. The number of carbonyl (C=O) groups is 2. The summed E-state index contributed by atoms with van der Waals surface area (Å²) < 4.78 is 5.13. The highest BCUT2D eigenvalue weighted by atomic mass is 16.6. The van der Waals surface area contributed by atoms with Crippen LogP contribution in [0.3, 0.4) is 0 Å². The highest BCUT2D eigenvalue weighted by Gasteiger charge is 2.46. The Morgan fingerprint density at radius 1 is 1.12 bits per heavy atom. The van der Waals surface area contributed by atoms with Gasteiger partial charge in [0.2, 0.25) is 0 Å². The Kier molecular flexibility index (Phi) is 5.86. The number of hydrogen-bond acceptors (Lipinski definition) is 7. The number of pyridine rings is 1. The van der Waals surface area contributed by atoms with Gasteiger partial charge in [0.15, 0.2) is 0 Å². The molecule has 0 radical (unpaired) electrons. The Balaban J connectivity index is 1.87. The summed E-state index contributed by atoms with van der Waals surface area (Å²) in [5, 5.41) is 22.4. The number of methoxy groups -OCH3 is 1. The lowest BCUT2D eigenvalue weighted by Crippen LogP contribution is -2.29. The van der Waals surface area contributed by atoms with Gasteiger partial charge < -0.3 is 14.7 Å². The van der Waals surface area contributed by atoms with E-state index in [9.17, 15) is 24.8 Å². The molecule has 1 N–H and O–H groups in total. The second-order valence-corrected chi connectivity index (χ2v) is 7.36. The maximum atomic E-state index is 13.1. The number of non-ortho nitro benzene ring substituents is 1. The number of likely N-dealkylation sites (tertiary alicyclic amines) is 1. The topological polar surface area (TPSA) is 123 Å². The summed E-state index contributed by atoms with van der Waals surface area (Å²) in [6.07, 6.45) is 3.12. The van der Waals surface area contributed by atoms with Gasteiger partial charge in [-0.25, -0.2) is 0 Å².